The highest BCUT2D eigenvalue weighted by Crippen LogP contribution is 2.28. The van der Waals surface area contributed by atoms with Gasteiger partial charge < -0.3 is 9.47 Å². The second-order valence-corrected chi connectivity index (χ2v) is 10.1. The van der Waals surface area contributed by atoms with Crippen LogP contribution < -0.4 is 19.6 Å². The quantitative estimate of drug-likeness (QED) is 0.201. The molecule has 2 N–H and O–H groups in total. The van der Waals surface area contributed by atoms with Gasteiger partial charge in [0.25, 0.3) is 15.9 Å². The molecule has 4 rings (SSSR count). The van der Waals surface area contributed by atoms with Gasteiger partial charge in [-0.1, -0.05) is 41.9 Å². The first-order chi connectivity index (χ1) is 18.3. The Bertz CT molecular complexity index is 1530. The Morgan fingerprint density at radius 2 is 1.63 bits per heavy atom. The average molecular weight is 550 g/mol. The van der Waals surface area contributed by atoms with Crippen LogP contribution in [0.1, 0.15) is 21.5 Å². The minimum absolute atomic E-state index is 0.147. The number of benzene rings is 4. The van der Waals surface area contributed by atoms with Crippen LogP contribution in [0, 0.1) is 0 Å². The van der Waals surface area contributed by atoms with Gasteiger partial charge in [0.2, 0.25) is 0 Å². The van der Waals surface area contributed by atoms with Gasteiger partial charge in [0.1, 0.15) is 6.61 Å². The summed E-state index contributed by atoms with van der Waals surface area (Å²) in [5, 5.41) is 4.66. The third-order valence-corrected chi connectivity index (χ3v) is 6.98. The van der Waals surface area contributed by atoms with E-state index in [1.807, 2.05) is 12.1 Å². The average Bonchev–Trinajstić information content (AvgIpc) is 2.93. The number of nitrogens with one attached hydrogen (secondary N) is 2. The molecule has 4 aromatic rings. The van der Waals surface area contributed by atoms with Crippen molar-refractivity contribution in [2.45, 2.75) is 11.5 Å². The SMILES string of the molecule is COc1cc(/C=N\NC(=O)c2ccc(NS(=O)(=O)c3ccccc3)cc2)ccc1OCc1ccc(Cl)cc1. The van der Waals surface area contributed by atoms with Gasteiger partial charge >= 0.3 is 0 Å². The molecule has 10 heteroatoms. The Kier molecular flexibility index (Phi) is 8.62. The van der Waals surface area contributed by atoms with E-state index in [1.165, 1.54) is 49.7 Å². The molecule has 0 bridgehead atoms. The van der Waals surface area contributed by atoms with Crippen molar-refractivity contribution in [3.05, 3.63) is 119 Å². The fraction of sp³-hybridized carbons (Fsp3) is 0.0714. The molecule has 0 aliphatic carbocycles. The molecule has 0 aliphatic heterocycles. The number of carbonyl (C=O) groups is 1. The van der Waals surface area contributed by atoms with Gasteiger partial charge in [0, 0.05) is 16.3 Å². The molecule has 0 saturated carbocycles. The van der Waals surface area contributed by atoms with Crippen LogP contribution in [-0.2, 0) is 16.6 Å². The second kappa shape index (κ2) is 12.3. The Balaban J connectivity index is 1.33. The molecule has 0 unspecified atom stereocenters. The summed E-state index contributed by atoms with van der Waals surface area (Å²) in [7, 11) is -2.18. The van der Waals surface area contributed by atoms with E-state index in [4.69, 9.17) is 21.1 Å². The van der Waals surface area contributed by atoms with E-state index < -0.39 is 15.9 Å². The van der Waals surface area contributed by atoms with Crippen LogP contribution in [0.25, 0.3) is 0 Å². The van der Waals surface area contributed by atoms with E-state index in [9.17, 15) is 13.2 Å². The van der Waals surface area contributed by atoms with Crippen molar-refractivity contribution >= 4 is 39.4 Å². The highest BCUT2D eigenvalue weighted by molar-refractivity contribution is 7.92. The molecule has 0 aliphatic rings. The zero-order chi connectivity index (χ0) is 27.0. The van der Waals surface area contributed by atoms with E-state index in [2.05, 4.69) is 15.2 Å². The summed E-state index contributed by atoms with van der Waals surface area (Å²) < 4.78 is 38.6. The Morgan fingerprint density at radius 3 is 2.32 bits per heavy atom. The van der Waals surface area contributed by atoms with E-state index >= 15 is 0 Å². The van der Waals surface area contributed by atoms with Crippen molar-refractivity contribution in [1.29, 1.82) is 0 Å². The molecule has 0 spiro atoms. The highest BCUT2D eigenvalue weighted by Gasteiger charge is 2.14. The molecule has 4 aromatic carbocycles. The van der Waals surface area contributed by atoms with Crippen molar-refractivity contribution < 1.29 is 22.7 Å². The van der Waals surface area contributed by atoms with Crippen molar-refractivity contribution in [2.75, 3.05) is 11.8 Å². The van der Waals surface area contributed by atoms with E-state index in [-0.39, 0.29) is 4.90 Å². The zero-order valence-electron chi connectivity index (χ0n) is 20.3. The number of rotatable bonds is 10. The summed E-state index contributed by atoms with van der Waals surface area (Å²) in [5.41, 5.74) is 4.75. The predicted octanol–water partition coefficient (Wildman–Crippen LogP) is 5.49. The molecule has 0 fully saturated rings. The standard InChI is InChI=1S/C28H24ClN3O5S/c1-36-27-17-21(9-16-26(27)37-19-20-7-12-23(29)13-8-20)18-30-31-28(33)22-10-14-24(15-11-22)32-38(34,35)25-5-3-2-4-6-25/h2-18,32H,19H2,1H3,(H,31,33)/b30-18-. The second-order valence-electron chi connectivity index (χ2n) is 8.02. The molecule has 0 saturated heterocycles. The third kappa shape index (κ3) is 7.12. The monoisotopic (exact) mass is 549 g/mol. The fourth-order valence-corrected chi connectivity index (χ4v) is 4.56. The summed E-state index contributed by atoms with van der Waals surface area (Å²) in [6, 6.07) is 26.7. The number of carbonyl (C=O) groups excluding carboxylic acids is 1. The number of hydrogen-bond acceptors (Lipinski definition) is 6. The van der Waals surface area contributed by atoms with Gasteiger partial charge in [0.15, 0.2) is 11.5 Å². The number of ether oxygens (including phenoxy) is 2. The van der Waals surface area contributed by atoms with Crippen LogP contribution in [0.2, 0.25) is 5.02 Å². The lowest BCUT2D eigenvalue weighted by molar-refractivity contribution is 0.0955. The number of halogens is 1. The van der Waals surface area contributed by atoms with Gasteiger partial charge in [-0.05, 0) is 77.9 Å². The van der Waals surface area contributed by atoms with Crippen molar-refractivity contribution in [1.82, 2.24) is 5.43 Å². The molecule has 0 radical (unpaired) electrons. The van der Waals surface area contributed by atoms with Crippen molar-refractivity contribution in [2.24, 2.45) is 5.10 Å². The lowest BCUT2D eigenvalue weighted by Gasteiger charge is -2.11. The lowest BCUT2D eigenvalue weighted by Crippen LogP contribution is -2.18. The van der Waals surface area contributed by atoms with Gasteiger partial charge in [-0.3, -0.25) is 9.52 Å². The minimum Gasteiger partial charge on any atom is -0.493 e. The molecule has 38 heavy (non-hydrogen) atoms. The van der Waals surface area contributed by atoms with Crippen LogP contribution in [0.3, 0.4) is 0 Å². The molecular weight excluding hydrogens is 526 g/mol. The molecule has 1 amide bonds. The zero-order valence-corrected chi connectivity index (χ0v) is 21.9. The summed E-state index contributed by atoms with van der Waals surface area (Å²) >= 11 is 5.91. The van der Waals surface area contributed by atoms with Crippen LogP contribution in [0.4, 0.5) is 5.69 Å². The Morgan fingerprint density at radius 1 is 0.921 bits per heavy atom. The largest absolute Gasteiger partial charge is 0.493 e. The molecule has 0 aromatic heterocycles. The van der Waals surface area contributed by atoms with Gasteiger partial charge in [-0.2, -0.15) is 5.10 Å². The normalized spacial score (nSPS) is 11.2. The smallest absolute Gasteiger partial charge is 0.271 e. The first-order valence-corrected chi connectivity index (χ1v) is 13.3. The minimum atomic E-state index is -3.72. The molecule has 0 atom stereocenters. The number of amides is 1. The van der Waals surface area contributed by atoms with Crippen LogP contribution in [0.5, 0.6) is 11.5 Å². The highest BCUT2D eigenvalue weighted by atomic mass is 35.5. The van der Waals surface area contributed by atoms with Gasteiger partial charge in [-0.15, -0.1) is 0 Å². The topological polar surface area (TPSA) is 106 Å². The van der Waals surface area contributed by atoms with Crippen molar-refractivity contribution in [3.63, 3.8) is 0 Å². The third-order valence-electron chi connectivity index (χ3n) is 5.33. The van der Waals surface area contributed by atoms with Gasteiger partial charge in [-0.25, -0.2) is 13.8 Å². The molecular formula is C28H24ClN3O5S. The Labute approximate surface area is 225 Å². The number of anilines is 1. The molecule has 194 valence electrons. The predicted molar refractivity (Wildman–Crippen MR) is 148 cm³/mol. The summed E-state index contributed by atoms with van der Waals surface area (Å²) in [6.45, 7) is 0.351. The maximum absolute atomic E-state index is 12.5. The van der Waals surface area contributed by atoms with Gasteiger partial charge in [0.05, 0.1) is 18.2 Å². The number of hydrazone groups is 1. The first-order valence-electron chi connectivity index (χ1n) is 11.4. The van der Waals surface area contributed by atoms with E-state index in [1.54, 1.807) is 48.5 Å². The van der Waals surface area contributed by atoms with Crippen molar-refractivity contribution in [3.8, 4) is 11.5 Å². The summed E-state index contributed by atoms with van der Waals surface area (Å²) in [4.78, 5) is 12.6. The maximum atomic E-state index is 12.5. The number of hydrogen-bond donors (Lipinski definition) is 2. The van der Waals surface area contributed by atoms with Crippen LogP contribution in [0.15, 0.2) is 107 Å². The van der Waals surface area contributed by atoms with Crippen LogP contribution in [-0.4, -0.2) is 27.6 Å². The Hall–Kier alpha value is -4.34. The first kappa shape index (κ1) is 26.7. The fourth-order valence-electron chi connectivity index (χ4n) is 3.36. The van der Waals surface area contributed by atoms with E-state index in [0.29, 0.717) is 39.9 Å². The van der Waals surface area contributed by atoms with Crippen LogP contribution >= 0.6 is 11.6 Å². The maximum Gasteiger partial charge on any atom is 0.271 e. The summed E-state index contributed by atoms with van der Waals surface area (Å²) in [6.07, 6.45) is 1.48. The summed E-state index contributed by atoms with van der Waals surface area (Å²) in [5.74, 6) is 0.628. The lowest BCUT2D eigenvalue weighted by atomic mass is 10.2. The number of nitrogens with zero attached hydrogens (tertiary/aromatic N) is 1. The molecule has 0 heterocycles. The number of sulfonamides is 1. The molecule has 8 nitrogen and oxygen atoms in total. The number of methoxy groups -OCH3 is 1. The van der Waals surface area contributed by atoms with E-state index in [0.717, 1.165) is 5.56 Å².